The van der Waals surface area contributed by atoms with Crippen LogP contribution < -0.4 is 0 Å². The highest BCUT2D eigenvalue weighted by Gasteiger charge is 1.96. The van der Waals surface area contributed by atoms with Crippen LogP contribution in [0.15, 0.2) is 42.5 Å². The minimum atomic E-state index is 0.809. The Morgan fingerprint density at radius 3 is 2.69 bits per heavy atom. The second-order valence-electron chi connectivity index (χ2n) is 3.95. The van der Waals surface area contributed by atoms with E-state index in [0.717, 1.165) is 18.6 Å². The molecule has 0 aliphatic carbocycles. The molecule has 0 aliphatic rings. The van der Waals surface area contributed by atoms with Gasteiger partial charge in [0.05, 0.1) is 0 Å². The Hall–Kier alpha value is -1.34. The van der Waals surface area contributed by atoms with Crippen molar-refractivity contribution in [1.29, 1.82) is 0 Å². The molecule has 2 rings (SSSR count). The van der Waals surface area contributed by atoms with Gasteiger partial charge in [-0.3, -0.25) is 0 Å². The third-order valence-corrected chi connectivity index (χ3v) is 2.61. The van der Waals surface area contributed by atoms with Crippen molar-refractivity contribution in [2.75, 3.05) is 6.61 Å². The van der Waals surface area contributed by atoms with Gasteiger partial charge < -0.3 is 4.74 Å². The molecule has 0 amide bonds. The van der Waals surface area contributed by atoms with Crippen LogP contribution in [0.3, 0.4) is 0 Å². The van der Waals surface area contributed by atoms with Crippen LogP contribution in [0.4, 0.5) is 0 Å². The first-order valence-corrected chi connectivity index (χ1v) is 5.84. The van der Waals surface area contributed by atoms with Crippen molar-refractivity contribution in [3.05, 3.63) is 54.6 Å². The van der Waals surface area contributed by atoms with Crippen LogP contribution in [0.25, 0.3) is 10.8 Å². The van der Waals surface area contributed by atoms with Crippen molar-refractivity contribution in [3.8, 4) is 0 Å². The third-order valence-electron chi connectivity index (χ3n) is 2.61. The maximum atomic E-state index is 5.48. The van der Waals surface area contributed by atoms with Gasteiger partial charge in [-0.2, -0.15) is 0 Å². The lowest BCUT2D eigenvalue weighted by atomic mass is 10.1. The van der Waals surface area contributed by atoms with Gasteiger partial charge in [0.2, 0.25) is 0 Å². The molecule has 2 aromatic rings. The summed E-state index contributed by atoms with van der Waals surface area (Å²) in [5.41, 5.74) is 1.13. The Morgan fingerprint density at radius 2 is 1.88 bits per heavy atom. The molecule has 1 nitrogen and oxygen atoms in total. The summed E-state index contributed by atoms with van der Waals surface area (Å²) in [5, 5.41) is 2.53. The van der Waals surface area contributed by atoms with Gasteiger partial charge in [-0.15, -0.1) is 0 Å². The topological polar surface area (TPSA) is 9.23 Å². The number of fused-ring (bicyclic) bond motifs is 1. The van der Waals surface area contributed by atoms with Crippen LogP contribution in [0.1, 0.15) is 25.3 Å². The summed E-state index contributed by atoms with van der Waals surface area (Å²) in [6.07, 6.45) is 2.29. The zero-order chi connectivity index (χ0) is 11.2. The second kappa shape index (κ2) is 5.66. The molecule has 0 saturated heterocycles. The number of rotatable bonds is 5. The fourth-order valence-corrected chi connectivity index (χ4v) is 1.66. The molecule has 0 bridgehead atoms. The SMILES string of the molecule is CCCCO[CH]c1ccc2ccccc2c1. The molecule has 16 heavy (non-hydrogen) atoms. The maximum absolute atomic E-state index is 5.48. The molecule has 0 aliphatic heterocycles. The summed E-state index contributed by atoms with van der Waals surface area (Å²) >= 11 is 0. The van der Waals surface area contributed by atoms with Crippen molar-refractivity contribution in [2.45, 2.75) is 19.8 Å². The lowest BCUT2D eigenvalue weighted by Crippen LogP contribution is -1.92. The molecule has 0 fully saturated rings. The Kier molecular flexibility index (Phi) is 3.95. The molecule has 1 heteroatoms. The molecule has 0 unspecified atom stereocenters. The second-order valence-corrected chi connectivity index (χ2v) is 3.95. The standard InChI is InChI=1S/C15H17O/c1-2-3-10-16-12-13-8-9-14-6-4-5-7-15(14)11-13/h4-9,11-12H,2-3,10H2,1H3. The zero-order valence-corrected chi connectivity index (χ0v) is 9.65. The van der Waals surface area contributed by atoms with Crippen molar-refractivity contribution in [3.63, 3.8) is 0 Å². The van der Waals surface area contributed by atoms with E-state index in [1.54, 1.807) is 0 Å². The Morgan fingerprint density at radius 1 is 1.06 bits per heavy atom. The molecular weight excluding hydrogens is 196 g/mol. The predicted molar refractivity (Wildman–Crippen MR) is 68.2 cm³/mol. The van der Waals surface area contributed by atoms with Crippen molar-refractivity contribution < 1.29 is 4.74 Å². The van der Waals surface area contributed by atoms with Crippen LogP contribution in [0, 0.1) is 6.61 Å². The average Bonchev–Trinajstić information content (AvgIpc) is 2.34. The first-order chi connectivity index (χ1) is 7.90. The van der Waals surface area contributed by atoms with E-state index in [9.17, 15) is 0 Å². The minimum absolute atomic E-state index is 0.809. The summed E-state index contributed by atoms with van der Waals surface area (Å²) in [4.78, 5) is 0. The molecule has 0 saturated carbocycles. The molecule has 0 N–H and O–H groups in total. The highest BCUT2D eigenvalue weighted by atomic mass is 16.5. The molecule has 0 heterocycles. The van der Waals surface area contributed by atoms with Crippen LogP contribution >= 0.6 is 0 Å². The number of benzene rings is 2. The van der Waals surface area contributed by atoms with Gasteiger partial charge in [-0.25, -0.2) is 0 Å². The molecule has 2 aromatic carbocycles. The van der Waals surface area contributed by atoms with E-state index in [-0.39, 0.29) is 0 Å². The number of hydrogen-bond acceptors (Lipinski definition) is 1. The fraction of sp³-hybridized carbons (Fsp3) is 0.267. The van der Waals surface area contributed by atoms with Crippen LogP contribution in [0.2, 0.25) is 0 Å². The lowest BCUT2D eigenvalue weighted by molar-refractivity contribution is 0.207. The van der Waals surface area contributed by atoms with Gasteiger partial charge in [-0.05, 0) is 28.8 Å². The van der Waals surface area contributed by atoms with Crippen LogP contribution in [-0.2, 0) is 4.74 Å². The molecule has 83 valence electrons. The summed E-state index contributed by atoms with van der Waals surface area (Å²) < 4.78 is 5.48. The van der Waals surface area contributed by atoms with E-state index in [2.05, 4.69) is 49.4 Å². The highest BCUT2D eigenvalue weighted by molar-refractivity contribution is 5.83. The zero-order valence-electron chi connectivity index (χ0n) is 9.65. The predicted octanol–water partition coefficient (Wildman–Crippen LogP) is 4.17. The first-order valence-electron chi connectivity index (χ1n) is 5.84. The van der Waals surface area contributed by atoms with Crippen molar-refractivity contribution in [1.82, 2.24) is 0 Å². The average molecular weight is 213 g/mol. The van der Waals surface area contributed by atoms with E-state index < -0.39 is 0 Å². The van der Waals surface area contributed by atoms with Gasteiger partial charge in [0.15, 0.2) is 0 Å². The van der Waals surface area contributed by atoms with E-state index in [4.69, 9.17) is 4.74 Å². The van der Waals surface area contributed by atoms with E-state index >= 15 is 0 Å². The first kappa shape index (κ1) is 11.2. The molecule has 1 radical (unpaired) electrons. The molecule has 0 aromatic heterocycles. The van der Waals surface area contributed by atoms with Crippen LogP contribution in [0.5, 0.6) is 0 Å². The summed E-state index contributed by atoms with van der Waals surface area (Å²) in [5.74, 6) is 0. The van der Waals surface area contributed by atoms with Gasteiger partial charge in [0, 0.05) is 6.61 Å². The van der Waals surface area contributed by atoms with Gasteiger partial charge in [0.1, 0.15) is 6.61 Å². The summed E-state index contributed by atoms with van der Waals surface area (Å²) in [6.45, 7) is 4.82. The monoisotopic (exact) mass is 213 g/mol. The number of ether oxygens (including phenoxy) is 1. The van der Waals surface area contributed by atoms with E-state index in [0.29, 0.717) is 0 Å². The van der Waals surface area contributed by atoms with E-state index in [1.165, 1.54) is 17.2 Å². The fourth-order valence-electron chi connectivity index (χ4n) is 1.66. The highest BCUT2D eigenvalue weighted by Crippen LogP contribution is 2.16. The van der Waals surface area contributed by atoms with Crippen molar-refractivity contribution >= 4 is 10.8 Å². The molecular formula is C15H17O. The quantitative estimate of drug-likeness (QED) is 0.677. The number of unbranched alkanes of at least 4 members (excludes halogenated alkanes) is 1. The maximum Gasteiger partial charge on any atom is 0.113 e. The van der Waals surface area contributed by atoms with Gasteiger partial charge in [-0.1, -0.05) is 49.7 Å². The molecule has 0 atom stereocenters. The van der Waals surface area contributed by atoms with Crippen molar-refractivity contribution in [2.24, 2.45) is 0 Å². The Labute approximate surface area is 97.1 Å². The third kappa shape index (κ3) is 2.83. The molecule has 0 spiro atoms. The largest absolute Gasteiger partial charge is 0.370 e. The van der Waals surface area contributed by atoms with Crippen LogP contribution in [-0.4, -0.2) is 6.61 Å². The lowest BCUT2D eigenvalue weighted by Gasteiger charge is -2.04. The van der Waals surface area contributed by atoms with E-state index in [1.807, 2.05) is 6.61 Å². The van der Waals surface area contributed by atoms with Gasteiger partial charge in [0.25, 0.3) is 0 Å². The van der Waals surface area contributed by atoms with Gasteiger partial charge >= 0.3 is 0 Å². The summed E-state index contributed by atoms with van der Waals surface area (Å²) in [6, 6.07) is 14.7. The Bertz CT molecular complexity index is 448. The minimum Gasteiger partial charge on any atom is -0.370 e. The Balaban J connectivity index is 2.02. The normalized spacial score (nSPS) is 10.8. The summed E-state index contributed by atoms with van der Waals surface area (Å²) in [7, 11) is 0. The number of hydrogen-bond donors (Lipinski definition) is 0. The smallest absolute Gasteiger partial charge is 0.113 e.